The highest BCUT2D eigenvalue weighted by Crippen LogP contribution is 2.23. The third-order valence-corrected chi connectivity index (χ3v) is 5.06. The number of hydrogen-bond acceptors (Lipinski definition) is 4. The number of likely N-dealkylation sites (tertiary alicyclic amines) is 1. The van der Waals surface area contributed by atoms with Crippen molar-refractivity contribution in [2.24, 2.45) is 5.92 Å². The summed E-state index contributed by atoms with van der Waals surface area (Å²) in [6, 6.07) is 13.2. The van der Waals surface area contributed by atoms with Crippen molar-refractivity contribution in [2.45, 2.75) is 25.9 Å². The number of carbonyl (C=O) groups is 3. The predicted molar refractivity (Wildman–Crippen MR) is 106 cm³/mol. The lowest BCUT2D eigenvalue weighted by Crippen LogP contribution is -2.38. The van der Waals surface area contributed by atoms with Crippen LogP contribution < -0.4 is 10.1 Å². The van der Waals surface area contributed by atoms with Crippen molar-refractivity contribution >= 4 is 17.8 Å². The van der Waals surface area contributed by atoms with Gasteiger partial charge in [0.1, 0.15) is 5.75 Å². The SMILES string of the molecule is COc1ccc(C(NC(=O)C2CC(=O)N(Cc3ccc(C)cc3)C2)C(=O)O)cc1. The average Bonchev–Trinajstić information content (AvgIpc) is 3.08. The van der Waals surface area contributed by atoms with Crippen molar-refractivity contribution in [2.75, 3.05) is 13.7 Å². The number of ether oxygens (including phenoxy) is 1. The van der Waals surface area contributed by atoms with Crippen LogP contribution in [0.1, 0.15) is 29.2 Å². The van der Waals surface area contributed by atoms with Gasteiger partial charge in [-0.2, -0.15) is 0 Å². The lowest BCUT2D eigenvalue weighted by molar-refractivity contribution is -0.142. The normalized spacial score (nSPS) is 17.1. The maximum Gasteiger partial charge on any atom is 0.330 e. The minimum Gasteiger partial charge on any atom is -0.497 e. The van der Waals surface area contributed by atoms with Crippen molar-refractivity contribution in [3.8, 4) is 5.75 Å². The number of hydrogen-bond donors (Lipinski definition) is 2. The van der Waals surface area contributed by atoms with Crippen molar-refractivity contribution in [1.82, 2.24) is 10.2 Å². The standard InChI is InChI=1S/C22H24N2O5/c1-14-3-5-15(6-4-14)12-24-13-17(11-19(24)25)21(26)23-20(22(27)28)16-7-9-18(29-2)10-8-16/h3-10,17,20H,11-13H2,1-2H3,(H,23,26)(H,27,28). The summed E-state index contributed by atoms with van der Waals surface area (Å²) in [4.78, 5) is 38.3. The second-order valence-corrected chi connectivity index (χ2v) is 7.21. The molecule has 7 heteroatoms. The number of aryl methyl sites for hydroxylation is 1. The summed E-state index contributed by atoms with van der Waals surface area (Å²) in [5.41, 5.74) is 2.57. The van der Waals surface area contributed by atoms with E-state index in [0.717, 1.165) is 11.1 Å². The minimum atomic E-state index is -1.19. The zero-order valence-corrected chi connectivity index (χ0v) is 16.4. The molecule has 2 unspecified atom stereocenters. The van der Waals surface area contributed by atoms with Gasteiger partial charge in [0.05, 0.1) is 13.0 Å². The van der Waals surface area contributed by atoms with Gasteiger partial charge in [-0.25, -0.2) is 4.79 Å². The van der Waals surface area contributed by atoms with Gasteiger partial charge in [0, 0.05) is 19.5 Å². The highest BCUT2D eigenvalue weighted by molar-refractivity contribution is 5.91. The fourth-order valence-electron chi connectivity index (χ4n) is 3.36. The minimum absolute atomic E-state index is 0.0760. The lowest BCUT2D eigenvalue weighted by Gasteiger charge is -2.19. The Balaban J connectivity index is 1.64. The molecule has 2 amide bonds. The second-order valence-electron chi connectivity index (χ2n) is 7.21. The van der Waals surface area contributed by atoms with Gasteiger partial charge in [-0.1, -0.05) is 42.0 Å². The monoisotopic (exact) mass is 396 g/mol. The quantitative estimate of drug-likeness (QED) is 0.749. The van der Waals surface area contributed by atoms with Gasteiger partial charge in [0.15, 0.2) is 6.04 Å². The highest BCUT2D eigenvalue weighted by Gasteiger charge is 2.36. The van der Waals surface area contributed by atoms with Gasteiger partial charge in [0.25, 0.3) is 0 Å². The molecule has 0 saturated carbocycles. The molecule has 0 aromatic heterocycles. The molecular weight excluding hydrogens is 372 g/mol. The molecule has 1 aliphatic heterocycles. The van der Waals surface area contributed by atoms with Crippen LogP contribution in [0.4, 0.5) is 0 Å². The molecule has 2 aromatic rings. The van der Waals surface area contributed by atoms with Gasteiger partial charge in [0.2, 0.25) is 11.8 Å². The van der Waals surface area contributed by atoms with Crippen LogP contribution in [-0.4, -0.2) is 41.4 Å². The highest BCUT2D eigenvalue weighted by atomic mass is 16.5. The Bertz CT molecular complexity index is 892. The maximum atomic E-state index is 12.7. The maximum absolute atomic E-state index is 12.7. The average molecular weight is 396 g/mol. The Hall–Kier alpha value is -3.35. The van der Waals surface area contributed by atoms with Crippen molar-refractivity contribution < 1.29 is 24.2 Å². The number of carbonyl (C=O) groups excluding carboxylic acids is 2. The number of carboxylic acid groups (broad SMARTS) is 1. The van der Waals surface area contributed by atoms with E-state index in [9.17, 15) is 19.5 Å². The first-order valence-corrected chi connectivity index (χ1v) is 9.38. The fraction of sp³-hybridized carbons (Fsp3) is 0.318. The number of rotatable bonds is 7. The zero-order valence-electron chi connectivity index (χ0n) is 16.4. The van der Waals surface area contributed by atoms with E-state index in [1.165, 1.54) is 7.11 Å². The van der Waals surface area contributed by atoms with Crippen LogP contribution in [0.5, 0.6) is 5.75 Å². The van der Waals surface area contributed by atoms with E-state index < -0.39 is 23.8 Å². The van der Waals surface area contributed by atoms with Crippen LogP contribution in [0.15, 0.2) is 48.5 Å². The number of amides is 2. The Morgan fingerprint density at radius 2 is 1.83 bits per heavy atom. The Morgan fingerprint density at radius 3 is 2.41 bits per heavy atom. The molecule has 0 spiro atoms. The Labute approximate surface area is 169 Å². The molecule has 0 aliphatic carbocycles. The molecule has 1 saturated heterocycles. The summed E-state index contributed by atoms with van der Waals surface area (Å²) in [6.07, 6.45) is 0.0760. The van der Waals surface area contributed by atoms with E-state index in [4.69, 9.17) is 4.74 Å². The smallest absolute Gasteiger partial charge is 0.330 e. The van der Waals surface area contributed by atoms with Gasteiger partial charge in [-0.05, 0) is 30.2 Å². The largest absolute Gasteiger partial charge is 0.497 e. The van der Waals surface area contributed by atoms with Crippen LogP contribution in [0.2, 0.25) is 0 Å². The number of carboxylic acids is 1. The van der Waals surface area contributed by atoms with Gasteiger partial charge in [-0.3, -0.25) is 9.59 Å². The van der Waals surface area contributed by atoms with E-state index in [-0.39, 0.29) is 18.9 Å². The summed E-state index contributed by atoms with van der Waals surface area (Å²) in [7, 11) is 1.52. The molecule has 0 bridgehead atoms. The van der Waals surface area contributed by atoms with Crippen LogP contribution >= 0.6 is 0 Å². The van der Waals surface area contributed by atoms with Crippen LogP contribution in [0.3, 0.4) is 0 Å². The number of nitrogens with one attached hydrogen (secondary N) is 1. The van der Waals surface area contributed by atoms with E-state index in [0.29, 0.717) is 17.9 Å². The molecule has 1 fully saturated rings. The topological polar surface area (TPSA) is 95.9 Å². The summed E-state index contributed by atoms with van der Waals surface area (Å²) >= 11 is 0. The van der Waals surface area contributed by atoms with E-state index in [1.807, 2.05) is 31.2 Å². The first kappa shape index (κ1) is 20.4. The second kappa shape index (κ2) is 8.77. The first-order valence-electron chi connectivity index (χ1n) is 9.38. The summed E-state index contributed by atoms with van der Waals surface area (Å²) in [5, 5.41) is 12.1. The summed E-state index contributed by atoms with van der Waals surface area (Å²) in [5.74, 6) is -1.69. The van der Waals surface area contributed by atoms with Crippen molar-refractivity contribution in [1.29, 1.82) is 0 Å². The number of nitrogens with zero attached hydrogens (tertiary/aromatic N) is 1. The number of methoxy groups -OCH3 is 1. The van der Waals surface area contributed by atoms with Crippen LogP contribution in [0, 0.1) is 12.8 Å². The first-order chi connectivity index (χ1) is 13.9. The molecule has 1 aliphatic rings. The molecule has 2 N–H and O–H groups in total. The molecule has 2 aromatic carbocycles. The van der Waals surface area contributed by atoms with E-state index in [2.05, 4.69) is 5.32 Å². The molecule has 2 atom stereocenters. The van der Waals surface area contributed by atoms with Crippen molar-refractivity contribution in [3.63, 3.8) is 0 Å². The molecular formula is C22H24N2O5. The fourth-order valence-corrected chi connectivity index (χ4v) is 3.36. The molecule has 1 heterocycles. The Kier molecular flexibility index (Phi) is 6.16. The molecule has 3 rings (SSSR count). The number of aliphatic carboxylic acids is 1. The summed E-state index contributed by atoms with van der Waals surface area (Å²) in [6.45, 7) is 2.70. The van der Waals surface area contributed by atoms with E-state index >= 15 is 0 Å². The van der Waals surface area contributed by atoms with Gasteiger partial charge < -0.3 is 20.1 Å². The zero-order chi connectivity index (χ0) is 21.0. The van der Waals surface area contributed by atoms with E-state index in [1.54, 1.807) is 29.2 Å². The lowest BCUT2D eigenvalue weighted by atomic mass is 10.0. The number of benzene rings is 2. The molecule has 7 nitrogen and oxygen atoms in total. The van der Waals surface area contributed by atoms with Gasteiger partial charge >= 0.3 is 5.97 Å². The van der Waals surface area contributed by atoms with Crippen molar-refractivity contribution in [3.05, 3.63) is 65.2 Å². The van der Waals surface area contributed by atoms with Crippen LogP contribution in [0.25, 0.3) is 0 Å². The summed E-state index contributed by atoms with van der Waals surface area (Å²) < 4.78 is 5.07. The molecule has 152 valence electrons. The third-order valence-electron chi connectivity index (χ3n) is 5.06. The molecule has 29 heavy (non-hydrogen) atoms. The van der Waals surface area contributed by atoms with Gasteiger partial charge in [-0.15, -0.1) is 0 Å². The Morgan fingerprint density at radius 1 is 1.17 bits per heavy atom. The van der Waals surface area contributed by atoms with Crippen LogP contribution in [-0.2, 0) is 20.9 Å². The molecule has 0 radical (unpaired) electrons. The third kappa shape index (κ3) is 4.93. The predicted octanol–water partition coefficient (Wildman–Crippen LogP) is 2.29.